The maximum absolute atomic E-state index is 13.7. The van der Waals surface area contributed by atoms with E-state index in [1.54, 1.807) is 34.6 Å². The van der Waals surface area contributed by atoms with Gasteiger partial charge >= 0.3 is 15.2 Å². The van der Waals surface area contributed by atoms with E-state index in [0.29, 0.717) is 37.7 Å². The summed E-state index contributed by atoms with van der Waals surface area (Å²) in [5.41, 5.74) is 8.13. The van der Waals surface area contributed by atoms with Crippen LogP contribution in [0.15, 0.2) is 24.3 Å². The number of alkyl halides is 2. The number of halogens is 2. The SMILES string of the molecule is CCOP(=O)(OCC)C(CCC(C)NC(=O)[C@@H](N)Cc1ccc(N(CCCl)CCCl)cc1)P(=O)(OCC)OCC. The molecular weight excluding hydrogens is 599 g/mol. The van der Waals surface area contributed by atoms with Crippen molar-refractivity contribution in [2.45, 2.75) is 71.4 Å². The molecule has 0 aliphatic carbocycles. The van der Waals surface area contributed by atoms with Crippen molar-refractivity contribution in [3.05, 3.63) is 29.8 Å². The molecule has 0 fully saturated rings. The molecule has 0 aliphatic heterocycles. The Hall–Kier alpha value is -0.670. The Morgan fingerprint density at radius 2 is 1.32 bits per heavy atom. The van der Waals surface area contributed by atoms with Crippen molar-refractivity contribution >= 4 is 50.0 Å². The highest BCUT2D eigenvalue weighted by Gasteiger charge is 2.50. The molecule has 3 N–H and O–H groups in total. The Morgan fingerprint density at radius 1 is 0.875 bits per heavy atom. The summed E-state index contributed by atoms with van der Waals surface area (Å²) >= 11 is 11.8. The van der Waals surface area contributed by atoms with Crippen molar-refractivity contribution in [2.75, 3.05) is 56.2 Å². The van der Waals surface area contributed by atoms with Crippen LogP contribution in [0.3, 0.4) is 0 Å². The molecule has 1 rings (SSSR count). The quantitative estimate of drug-likeness (QED) is 0.115. The summed E-state index contributed by atoms with van der Waals surface area (Å²) in [6.45, 7) is 10.3. The van der Waals surface area contributed by atoms with E-state index in [2.05, 4.69) is 10.2 Å². The second-order valence-corrected chi connectivity index (χ2v) is 14.7. The van der Waals surface area contributed by atoms with Crippen LogP contribution in [0.5, 0.6) is 0 Å². The lowest BCUT2D eigenvalue weighted by Gasteiger charge is -2.32. The maximum Gasteiger partial charge on any atom is 0.345 e. The molecule has 0 saturated carbocycles. The number of nitrogens with one attached hydrogen (secondary N) is 1. The first-order chi connectivity index (χ1) is 19.0. The van der Waals surface area contributed by atoms with Crippen LogP contribution in [-0.2, 0) is 38.4 Å². The second kappa shape index (κ2) is 19.5. The molecule has 0 aromatic heterocycles. The number of carbonyl (C=O) groups is 1. The van der Waals surface area contributed by atoms with Crippen molar-refractivity contribution < 1.29 is 32.0 Å². The third-order valence-electron chi connectivity index (χ3n) is 6.02. The van der Waals surface area contributed by atoms with Gasteiger partial charge in [-0.1, -0.05) is 12.1 Å². The molecule has 10 nitrogen and oxygen atoms in total. The molecule has 1 aromatic rings. The third kappa shape index (κ3) is 11.9. The van der Waals surface area contributed by atoms with Crippen molar-refractivity contribution in [3.8, 4) is 0 Å². The Balaban J connectivity index is 2.90. The highest BCUT2D eigenvalue weighted by atomic mass is 35.5. The smallest absolute Gasteiger partial charge is 0.345 e. The van der Waals surface area contributed by atoms with Gasteiger partial charge in [0.05, 0.1) is 32.5 Å². The van der Waals surface area contributed by atoms with E-state index < -0.39 is 26.6 Å². The van der Waals surface area contributed by atoms with Crippen LogP contribution in [0.1, 0.15) is 53.0 Å². The summed E-state index contributed by atoms with van der Waals surface area (Å²) in [4.78, 5) is 15.0. The summed E-state index contributed by atoms with van der Waals surface area (Å²) in [5.74, 6) is 0.660. The summed E-state index contributed by atoms with van der Waals surface area (Å²) < 4.78 is 49.5. The number of rotatable bonds is 22. The first-order valence-corrected chi connectivity index (χ1v) is 18.1. The summed E-state index contributed by atoms with van der Waals surface area (Å²) in [5, 5.41) is 1.77. The van der Waals surface area contributed by atoms with Crippen molar-refractivity contribution in [3.63, 3.8) is 0 Å². The predicted octanol–water partition coefficient (Wildman–Crippen LogP) is 5.98. The van der Waals surface area contributed by atoms with E-state index in [-0.39, 0.29) is 44.8 Å². The Labute approximate surface area is 250 Å². The molecule has 2 atom stereocenters. The summed E-state index contributed by atoms with van der Waals surface area (Å²) in [6, 6.07) is 6.66. The summed E-state index contributed by atoms with van der Waals surface area (Å²) in [7, 11) is -7.71. The van der Waals surface area contributed by atoms with Gasteiger partial charge in [0.2, 0.25) is 5.91 Å². The number of carbonyl (C=O) groups excluding carboxylic acids is 1. The van der Waals surface area contributed by atoms with Gasteiger partial charge in [-0.2, -0.15) is 0 Å². The predicted molar refractivity (Wildman–Crippen MR) is 164 cm³/mol. The minimum Gasteiger partial charge on any atom is -0.369 e. The number of hydrogen-bond acceptors (Lipinski definition) is 9. The van der Waals surface area contributed by atoms with Crippen LogP contribution in [-0.4, -0.2) is 74.7 Å². The Morgan fingerprint density at radius 3 is 1.73 bits per heavy atom. The fourth-order valence-corrected chi connectivity index (χ4v) is 10.0. The molecule has 0 spiro atoms. The maximum atomic E-state index is 13.7. The lowest BCUT2D eigenvalue weighted by molar-refractivity contribution is -0.123. The molecule has 40 heavy (non-hydrogen) atoms. The largest absolute Gasteiger partial charge is 0.369 e. The average Bonchev–Trinajstić information content (AvgIpc) is 2.89. The zero-order valence-electron chi connectivity index (χ0n) is 24.4. The van der Waals surface area contributed by atoms with Crippen molar-refractivity contribution in [1.29, 1.82) is 0 Å². The van der Waals surface area contributed by atoms with Gasteiger partial charge < -0.3 is 34.0 Å². The topological polar surface area (TPSA) is 129 Å². The monoisotopic (exact) mass is 645 g/mol. The number of nitrogens with zero attached hydrogens (tertiary/aromatic N) is 1. The highest BCUT2D eigenvalue weighted by Crippen LogP contribution is 2.71. The molecule has 0 saturated heterocycles. The van der Waals surface area contributed by atoms with Gasteiger partial charge in [0.1, 0.15) is 0 Å². The van der Waals surface area contributed by atoms with Crippen LogP contribution < -0.4 is 16.0 Å². The molecule has 1 aromatic carbocycles. The van der Waals surface area contributed by atoms with Crippen LogP contribution >= 0.6 is 38.4 Å². The van der Waals surface area contributed by atoms with E-state index >= 15 is 0 Å². The number of nitrogens with two attached hydrogens (primary N) is 1. The van der Waals surface area contributed by atoms with E-state index in [0.717, 1.165) is 11.3 Å². The third-order valence-corrected chi connectivity index (χ3v) is 12.5. The zero-order valence-corrected chi connectivity index (χ0v) is 27.7. The van der Waals surface area contributed by atoms with E-state index in [9.17, 15) is 13.9 Å². The van der Waals surface area contributed by atoms with Crippen LogP contribution in [0.2, 0.25) is 0 Å². The molecule has 0 heterocycles. The number of amides is 1. The molecule has 14 heteroatoms. The summed E-state index contributed by atoms with van der Waals surface area (Å²) in [6.07, 6.45) is 0.789. The minimum atomic E-state index is -3.85. The van der Waals surface area contributed by atoms with Crippen LogP contribution in [0, 0.1) is 0 Å². The van der Waals surface area contributed by atoms with Gasteiger partial charge in [-0.25, -0.2) is 0 Å². The van der Waals surface area contributed by atoms with Crippen molar-refractivity contribution in [2.24, 2.45) is 5.73 Å². The van der Waals surface area contributed by atoms with Gasteiger partial charge in [0.15, 0.2) is 5.40 Å². The average molecular weight is 647 g/mol. The number of hydrogen-bond donors (Lipinski definition) is 2. The second-order valence-electron chi connectivity index (χ2n) is 9.06. The molecule has 0 bridgehead atoms. The fourth-order valence-electron chi connectivity index (χ4n) is 4.21. The first-order valence-electron chi connectivity index (χ1n) is 13.8. The fraction of sp³-hybridized carbons (Fsp3) is 0.731. The first kappa shape index (κ1) is 37.4. The molecule has 1 amide bonds. The molecule has 232 valence electrons. The minimum absolute atomic E-state index is 0.103. The van der Waals surface area contributed by atoms with Crippen molar-refractivity contribution in [1.82, 2.24) is 5.32 Å². The molecule has 0 radical (unpaired) electrons. The van der Waals surface area contributed by atoms with Gasteiger partial charge in [0, 0.05) is 36.6 Å². The van der Waals surface area contributed by atoms with E-state index in [1.165, 1.54) is 0 Å². The van der Waals surface area contributed by atoms with Gasteiger partial charge in [-0.05, 0) is 71.6 Å². The lowest BCUT2D eigenvalue weighted by atomic mass is 10.0. The zero-order chi connectivity index (χ0) is 30.2. The van der Waals surface area contributed by atoms with E-state index in [4.69, 9.17) is 47.0 Å². The molecular formula is C26H47Cl2N3O7P2. The normalized spacial score (nSPS) is 13.8. The Bertz CT molecular complexity index is 903. The highest BCUT2D eigenvalue weighted by molar-refractivity contribution is 7.72. The lowest BCUT2D eigenvalue weighted by Crippen LogP contribution is -2.45. The van der Waals surface area contributed by atoms with Gasteiger partial charge in [-0.3, -0.25) is 13.9 Å². The van der Waals surface area contributed by atoms with Crippen LogP contribution in [0.25, 0.3) is 0 Å². The van der Waals surface area contributed by atoms with E-state index in [1.807, 2.05) is 24.3 Å². The molecule has 0 aliphatic rings. The number of benzene rings is 1. The van der Waals surface area contributed by atoms with Gasteiger partial charge in [0.25, 0.3) is 0 Å². The van der Waals surface area contributed by atoms with Gasteiger partial charge in [-0.15, -0.1) is 23.2 Å². The number of anilines is 1. The standard InChI is InChI=1S/C26H47Cl2N3O7P2/c1-6-35-39(33,36-7-2)25(40(34,37-8-3)38-9-4)15-10-21(5)30-26(32)24(29)20-22-11-13-23(14-12-22)31(18-16-27)19-17-28/h11-14,21,24-25H,6-10,15-20,29H2,1-5H3,(H,30,32)/t21?,24-/m0/s1. The Kier molecular flexibility index (Phi) is 18.2. The van der Waals surface area contributed by atoms with Crippen LogP contribution in [0.4, 0.5) is 5.69 Å². The molecule has 1 unspecified atom stereocenters.